The number of carbonyl (C=O) groups excluding carboxylic acids is 2. The molecule has 2 aliphatic rings. The molecule has 4 rings (SSSR count). The van der Waals surface area contributed by atoms with Crippen molar-refractivity contribution in [2.75, 3.05) is 27.8 Å². The summed E-state index contributed by atoms with van der Waals surface area (Å²) >= 11 is 0. The summed E-state index contributed by atoms with van der Waals surface area (Å²) in [7, 11) is 5.21. The molecule has 2 saturated heterocycles. The van der Waals surface area contributed by atoms with E-state index in [-0.39, 0.29) is 38.0 Å². The molecule has 0 unspecified atom stereocenters. The first kappa shape index (κ1) is 49.0. The van der Waals surface area contributed by atoms with E-state index < -0.39 is 83.6 Å². The van der Waals surface area contributed by atoms with Crippen molar-refractivity contribution in [1.29, 1.82) is 0 Å². The molecule has 14 heteroatoms. The molecule has 2 aliphatic heterocycles. The van der Waals surface area contributed by atoms with Gasteiger partial charge in [-0.2, -0.15) is 0 Å². The topological polar surface area (TPSA) is 186 Å². The molecule has 2 fully saturated rings. The lowest BCUT2D eigenvalue weighted by molar-refractivity contribution is -0.299. The van der Waals surface area contributed by atoms with Crippen molar-refractivity contribution in [2.45, 2.75) is 148 Å². The largest absolute Gasteiger partial charge is 0.496 e. The first-order valence-corrected chi connectivity index (χ1v) is 21.3. The number of carbonyl (C=O) groups is 2. The van der Waals surface area contributed by atoms with E-state index >= 15 is 0 Å². The highest BCUT2D eigenvalue weighted by Gasteiger charge is 2.52. The number of hydrogen-bond acceptors (Lipinski definition) is 14. The fourth-order valence-electron chi connectivity index (χ4n) is 8.92. The molecule has 2 aromatic carbocycles. The second-order valence-electron chi connectivity index (χ2n) is 17.6. The Morgan fingerprint density at radius 2 is 1.62 bits per heavy atom. The minimum Gasteiger partial charge on any atom is -0.496 e. The smallest absolute Gasteiger partial charge is 0.312 e. The fraction of sp³-hybridized carbons (Fsp3) is 0.674. The van der Waals surface area contributed by atoms with Gasteiger partial charge in [0.15, 0.2) is 6.29 Å². The highest BCUT2D eigenvalue weighted by molar-refractivity contribution is 5.88. The predicted molar refractivity (Wildman–Crippen MR) is 226 cm³/mol. The van der Waals surface area contributed by atoms with Gasteiger partial charge in [0.1, 0.15) is 36.3 Å². The molecular formula is C46H70N2O12. The third-order valence-corrected chi connectivity index (χ3v) is 12.4. The number of rotatable bonds is 12. The molecule has 0 aliphatic carbocycles. The number of cyclic esters (lactones) is 1. The van der Waals surface area contributed by atoms with Gasteiger partial charge in [0, 0.05) is 35.8 Å². The Labute approximate surface area is 356 Å². The Hall–Kier alpha value is -3.63. The average Bonchev–Trinajstić information content (AvgIpc) is 3.20. The predicted octanol–water partition coefficient (Wildman–Crippen LogP) is 4.71. The van der Waals surface area contributed by atoms with Gasteiger partial charge in [-0.15, -0.1) is 0 Å². The molecule has 14 atom stereocenters. The van der Waals surface area contributed by atoms with Crippen LogP contribution in [-0.4, -0.2) is 131 Å². The molecular weight excluding hydrogens is 773 g/mol. The second-order valence-corrected chi connectivity index (χ2v) is 17.6. The second kappa shape index (κ2) is 21.4. The number of likely N-dealkylation sites (N-methyl/N-ethyl adjacent to an activating group) is 1. The highest BCUT2D eigenvalue weighted by Crippen LogP contribution is 2.39. The van der Waals surface area contributed by atoms with E-state index in [1.807, 2.05) is 63.2 Å². The molecule has 0 bridgehead atoms. The summed E-state index contributed by atoms with van der Waals surface area (Å²) in [6, 6.07) is 16.4. The van der Waals surface area contributed by atoms with Crippen LogP contribution in [0.3, 0.4) is 0 Å². The Morgan fingerprint density at radius 1 is 0.967 bits per heavy atom. The van der Waals surface area contributed by atoms with Crippen molar-refractivity contribution in [1.82, 2.24) is 4.90 Å². The molecule has 60 heavy (non-hydrogen) atoms. The third-order valence-electron chi connectivity index (χ3n) is 12.4. The number of oxime groups is 1. The number of methoxy groups -OCH3 is 1. The Morgan fingerprint density at radius 3 is 2.25 bits per heavy atom. The lowest BCUT2D eigenvalue weighted by atomic mass is 9.73. The van der Waals surface area contributed by atoms with Crippen LogP contribution in [0.15, 0.2) is 59.8 Å². The third kappa shape index (κ3) is 12.0. The number of benzene rings is 2. The summed E-state index contributed by atoms with van der Waals surface area (Å²) in [4.78, 5) is 35.9. The number of aliphatic hydroxyl groups is 4. The SMILES string of the molecule is CC[C@H]1OC(=O)[C@H](C)[C@@H](OC(=O)Cc2ccccc2OC)[C@H](C)[C@@H](O[C@@H]2O[C@H](C)C[C@H](N(C)C)[C@H]2O)[C@@](C)(O)C[C@H](C)/C(=N\OCCc2ccccc2)[C@H](C)[C@@H](O)[C@]1(C)O. The van der Waals surface area contributed by atoms with Crippen LogP contribution in [0.4, 0.5) is 0 Å². The number of ether oxygens (including phenoxy) is 5. The summed E-state index contributed by atoms with van der Waals surface area (Å²) in [6.45, 7) is 13.6. The van der Waals surface area contributed by atoms with Crippen molar-refractivity contribution < 1.29 is 58.5 Å². The standard InChI is InChI=1S/C46H70N2O12/c1-12-36-46(8,54)41(51)29(4)38(47-56-23-22-32-18-14-13-15-19-32)27(2)26-45(7,53)42(60-44-39(50)34(48(9)10)24-28(3)57-44)30(5)40(31(6)43(52)58-36)59-37(49)25-33-20-16-17-21-35(33)55-11/h13-21,27-31,34,36,39-42,44,50-51,53-54H,12,22-26H2,1-11H3/b47-38+/t27-,28+,29-,30-,31+,34-,36+,39+,40-,41+,42+,44-,45-,46+/m0/s1. The summed E-state index contributed by atoms with van der Waals surface area (Å²) in [5, 5.41) is 52.9. The number of para-hydroxylation sites is 1. The van der Waals surface area contributed by atoms with E-state index in [1.54, 1.807) is 58.9 Å². The summed E-state index contributed by atoms with van der Waals surface area (Å²) in [6.07, 6.45) is -6.85. The van der Waals surface area contributed by atoms with E-state index in [9.17, 15) is 30.0 Å². The molecule has 2 aromatic rings. The van der Waals surface area contributed by atoms with Crippen molar-refractivity contribution >= 4 is 17.7 Å². The van der Waals surface area contributed by atoms with Crippen LogP contribution in [0, 0.1) is 23.7 Å². The van der Waals surface area contributed by atoms with Gasteiger partial charge in [0.05, 0.1) is 49.1 Å². The number of esters is 2. The van der Waals surface area contributed by atoms with Crippen LogP contribution in [0.25, 0.3) is 0 Å². The van der Waals surface area contributed by atoms with E-state index in [1.165, 1.54) is 14.0 Å². The van der Waals surface area contributed by atoms with Gasteiger partial charge in [-0.1, -0.05) is 81.4 Å². The molecule has 0 amide bonds. The maximum absolute atomic E-state index is 14.3. The van der Waals surface area contributed by atoms with Gasteiger partial charge >= 0.3 is 11.9 Å². The minimum absolute atomic E-state index is 0.0323. The molecule has 0 radical (unpaired) electrons. The molecule has 0 spiro atoms. The van der Waals surface area contributed by atoms with Crippen LogP contribution >= 0.6 is 0 Å². The van der Waals surface area contributed by atoms with Crippen molar-refractivity contribution in [3.63, 3.8) is 0 Å². The van der Waals surface area contributed by atoms with Crippen LogP contribution < -0.4 is 4.74 Å². The summed E-state index contributed by atoms with van der Waals surface area (Å²) in [5.74, 6) is -4.54. The molecule has 14 nitrogen and oxygen atoms in total. The lowest BCUT2D eigenvalue weighted by Crippen LogP contribution is -2.60. The molecule has 4 N–H and O–H groups in total. The summed E-state index contributed by atoms with van der Waals surface area (Å²) < 4.78 is 30.6. The van der Waals surface area contributed by atoms with E-state index in [0.29, 0.717) is 29.9 Å². The first-order valence-electron chi connectivity index (χ1n) is 21.3. The van der Waals surface area contributed by atoms with E-state index in [4.69, 9.17) is 28.5 Å². The first-order chi connectivity index (χ1) is 28.2. The Kier molecular flexibility index (Phi) is 17.5. The quantitative estimate of drug-likeness (QED) is 0.131. The van der Waals surface area contributed by atoms with Gasteiger partial charge < -0.3 is 53.8 Å². The lowest BCUT2D eigenvalue weighted by Gasteiger charge is -2.47. The van der Waals surface area contributed by atoms with Crippen LogP contribution in [0.2, 0.25) is 0 Å². The van der Waals surface area contributed by atoms with E-state index in [0.717, 1.165) is 5.56 Å². The van der Waals surface area contributed by atoms with Crippen LogP contribution in [0.1, 0.15) is 85.8 Å². The Bertz CT molecular complexity index is 1700. The molecule has 0 aromatic heterocycles. The number of hydrogen-bond donors (Lipinski definition) is 4. The fourth-order valence-corrected chi connectivity index (χ4v) is 8.92. The zero-order valence-electron chi connectivity index (χ0n) is 37.3. The Balaban J connectivity index is 1.83. The van der Waals surface area contributed by atoms with E-state index in [2.05, 4.69) is 5.16 Å². The van der Waals surface area contributed by atoms with Crippen molar-refractivity contribution in [3.05, 3.63) is 65.7 Å². The van der Waals surface area contributed by atoms with Gasteiger partial charge in [-0.25, -0.2) is 0 Å². The van der Waals surface area contributed by atoms with Gasteiger partial charge in [-0.3, -0.25) is 9.59 Å². The van der Waals surface area contributed by atoms with Gasteiger partial charge in [0.2, 0.25) is 0 Å². The van der Waals surface area contributed by atoms with Crippen LogP contribution in [0.5, 0.6) is 5.75 Å². The van der Waals surface area contributed by atoms with Gasteiger partial charge in [0.25, 0.3) is 0 Å². The molecule has 2 heterocycles. The maximum atomic E-state index is 14.3. The highest BCUT2D eigenvalue weighted by atomic mass is 16.7. The monoisotopic (exact) mass is 842 g/mol. The molecule has 336 valence electrons. The number of nitrogens with zero attached hydrogens (tertiary/aromatic N) is 2. The van der Waals surface area contributed by atoms with Crippen molar-refractivity contribution in [3.8, 4) is 5.75 Å². The zero-order chi connectivity index (χ0) is 44.5. The normalized spacial score (nSPS) is 36.6. The van der Waals surface area contributed by atoms with Crippen molar-refractivity contribution in [2.24, 2.45) is 28.8 Å². The minimum atomic E-state index is -1.97. The maximum Gasteiger partial charge on any atom is 0.312 e. The van der Waals surface area contributed by atoms with Crippen LogP contribution in [-0.2, 0) is 46.2 Å². The molecule has 0 saturated carbocycles. The van der Waals surface area contributed by atoms with Gasteiger partial charge in [-0.05, 0) is 72.7 Å². The zero-order valence-corrected chi connectivity index (χ0v) is 37.3. The summed E-state index contributed by atoms with van der Waals surface area (Å²) in [5.41, 5.74) is -1.80. The average molecular weight is 843 g/mol. The number of aliphatic hydroxyl groups excluding tert-OH is 2.